The number of benzene rings is 1. The molecule has 0 aliphatic heterocycles. The van der Waals surface area contributed by atoms with E-state index in [0.29, 0.717) is 12.1 Å². The molecule has 3 rings (SSSR count). The van der Waals surface area contributed by atoms with Gasteiger partial charge < -0.3 is 10.1 Å². The first kappa shape index (κ1) is 12.4. The highest BCUT2D eigenvalue weighted by Crippen LogP contribution is 2.22. The van der Waals surface area contributed by atoms with Gasteiger partial charge in [0.05, 0.1) is 18.0 Å². The predicted octanol–water partition coefficient (Wildman–Crippen LogP) is 2.14. The van der Waals surface area contributed by atoms with Gasteiger partial charge in [-0.2, -0.15) is 5.10 Å². The lowest BCUT2D eigenvalue weighted by Gasteiger charge is -2.34. The Balaban J connectivity index is 1.54. The van der Waals surface area contributed by atoms with Gasteiger partial charge in [0, 0.05) is 31.5 Å². The molecule has 0 radical (unpaired) electrons. The quantitative estimate of drug-likeness (QED) is 0.892. The van der Waals surface area contributed by atoms with E-state index in [2.05, 4.69) is 28.7 Å². The Hall–Kier alpha value is -1.65. The van der Waals surface area contributed by atoms with Crippen LogP contribution in [-0.4, -0.2) is 29.0 Å². The van der Waals surface area contributed by atoms with Crippen LogP contribution in [0.3, 0.4) is 0 Å². The number of nitrogens with zero attached hydrogens (tertiary/aromatic N) is 2. The molecule has 0 spiro atoms. The summed E-state index contributed by atoms with van der Waals surface area (Å²) in [6, 6.07) is 10.8. The Labute approximate surface area is 113 Å². The van der Waals surface area contributed by atoms with Crippen LogP contribution in [0, 0.1) is 0 Å². The number of aromatic nitrogens is 2. The van der Waals surface area contributed by atoms with Crippen LogP contribution in [0.2, 0.25) is 0 Å². The minimum atomic E-state index is 0.449. The van der Waals surface area contributed by atoms with Crippen LogP contribution < -0.4 is 5.32 Å². The lowest BCUT2D eigenvalue weighted by Crippen LogP contribution is -2.44. The van der Waals surface area contributed by atoms with Crippen LogP contribution in [0.1, 0.15) is 18.4 Å². The molecule has 100 valence electrons. The van der Waals surface area contributed by atoms with Gasteiger partial charge in [0.1, 0.15) is 0 Å². The summed E-state index contributed by atoms with van der Waals surface area (Å²) >= 11 is 0. The van der Waals surface area contributed by atoms with E-state index in [9.17, 15) is 0 Å². The Morgan fingerprint density at radius 2 is 2.11 bits per heavy atom. The van der Waals surface area contributed by atoms with Crippen molar-refractivity contribution in [1.82, 2.24) is 15.1 Å². The van der Waals surface area contributed by atoms with E-state index in [1.807, 2.05) is 29.1 Å². The molecule has 0 atom stereocenters. The number of hydrogen-bond acceptors (Lipinski definition) is 3. The average Bonchev–Trinajstić information content (AvgIpc) is 2.87. The molecule has 0 amide bonds. The maximum Gasteiger partial charge on any atom is 0.0645 e. The van der Waals surface area contributed by atoms with Crippen LogP contribution in [0.25, 0.3) is 5.69 Å². The highest BCUT2D eigenvalue weighted by molar-refractivity contribution is 5.30. The third-order valence-electron chi connectivity index (χ3n) is 3.68. The third-order valence-corrected chi connectivity index (χ3v) is 3.68. The average molecular weight is 257 g/mol. The van der Waals surface area contributed by atoms with Gasteiger partial charge >= 0.3 is 0 Å². The fourth-order valence-corrected chi connectivity index (χ4v) is 2.36. The van der Waals surface area contributed by atoms with Gasteiger partial charge in [-0.1, -0.05) is 18.2 Å². The summed E-state index contributed by atoms with van der Waals surface area (Å²) in [4.78, 5) is 0. The van der Waals surface area contributed by atoms with Gasteiger partial charge in [-0.15, -0.1) is 0 Å². The van der Waals surface area contributed by atoms with Crippen molar-refractivity contribution >= 4 is 0 Å². The molecule has 1 aromatic carbocycles. The SMILES string of the molecule is COC1CC(NCc2cnn(-c3ccccc3)c2)C1. The van der Waals surface area contributed by atoms with Crippen molar-refractivity contribution in [3.63, 3.8) is 0 Å². The minimum absolute atomic E-state index is 0.449. The molecule has 0 unspecified atom stereocenters. The van der Waals surface area contributed by atoms with Crippen LogP contribution in [-0.2, 0) is 11.3 Å². The summed E-state index contributed by atoms with van der Waals surface area (Å²) in [5.74, 6) is 0. The smallest absolute Gasteiger partial charge is 0.0645 e. The van der Waals surface area contributed by atoms with E-state index >= 15 is 0 Å². The zero-order valence-corrected chi connectivity index (χ0v) is 11.1. The molecular formula is C15H19N3O. The van der Waals surface area contributed by atoms with Gasteiger partial charge in [0.25, 0.3) is 0 Å². The van der Waals surface area contributed by atoms with E-state index in [-0.39, 0.29) is 0 Å². The number of para-hydroxylation sites is 1. The van der Waals surface area contributed by atoms with Crippen molar-refractivity contribution in [2.75, 3.05) is 7.11 Å². The lowest BCUT2D eigenvalue weighted by atomic mass is 9.89. The van der Waals surface area contributed by atoms with Crippen LogP contribution in [0.5, 0.6) is 0 Å². The standard InChI is InChI=1S/C15H19N3O/c1-19-15-7-13(8-15)16-9-12-10-17-18(11-12)14-5-3-2-4-6-14/h2-6,10-11,13,15-16H,7-9H2,1H3. The summed E-state index contributed by atoms with van der Waals surface area (Å²) in [5.41, 5.74) is 2.31. The van der Waals surface area contributed by atoms with Crippen molar-refractivity contribution in [3.05, 3.63) is 48.3 Å². The molecule has 1 fully saturated rings. The molecule has 0 bridgehead atoms. The van der Waals surface area contributed by atoms with Crippen molar-refractivity contribution < 1.29 is 4.74 Å². The van der Waals surface area contributed by atoms with E-state index in [1.165, 1.54) is 5.56 Å². The highest BCUT2D eigenvalue weighted by Gasteiger charge is 2.28. The molecular weight excluding hydrogens is 238 g/mol. The molecule has 1 heterocycles. The van der Waals surface area contributed by atoms with Crippen molar-refractivity contribution in [1.29, 1.82) is 0 Å². The first-order valence-corrected chi connectivity index (χ1v) is 6.70. The van der Waals surface area contributed by atoms with Gasteiger partial charge in [0.2, 0.25) is 0 Å². The zero-order valence-electron chi connectivity index (χ0n) is 11.1. The number of nitrogens with one attached hydrogen (secondary N) is 1. The summed E-state index contributed by atoms with van der Waals surface area (Å²) in [6.07, 6.45) is 6.68. The van der Waals surface area contributed by atoms with Crippen LogP contribution >= 0.6 is 0 Å². The van der Waals surface area contributed by atoms with Gasteiger partial charge in [-0.05, 0) is 25.0 Å². The van der Waals surface area contributed by atoms with Crippen molar-refractivity contribution in [3.8, 4) is 5.69 Å². The highest BCUT2D eigenvalue weighted by atomic mass is 16.5. The van der Waals surface area contributed by atoms with Crippen LogP contribution in [0.4, 0.5) is 0 Å². The first-order chi connectivity index (χ1) is 9.35. The molecule has 1 saturated carbocycles. The van der Waals surface area contributed by atoms with Crippen molar-refractivity contribution in [2.24, 2.45) is 0 Å². The minimum Gasteiger partial charge on any atom is -0.381 e. The normalized spacial score (nSPS) is 22.2. The molecule has 1 aliphatic rings. The maximum atomic E-state index is 5.27. The van der Waals surface area contributed by atoms with E-state index < -0.39 is 0 Å². The number of methoxy groups -OCH3 is 1. The molecule has 4 heteroatoms. The number of hydrogen-bond donors (Lipinski definition) is 1. The third kappa shape index (κ3) is 2.85. The van der Waals surface area contributed by atoms with E-state index in [1.54, 1.807) is 7.11 Å². The molecule has 0 saturated heterocycles. The Kier molecular flexibility index (Phi) is 3.62. The maximum absolute atomic E-state index is 5.27. The zero-order chi connectivity index (χ0) is 13.1. The predicted molar refractivity (Wildman–Crippen MR) is 74.2 cm³/mol. The van der Waals surface area contributed by atoms with E-state index in [0.717, 1.165) is 25.1 Å². The molecule has 2 aromatic rings. The fourth-order valence-electron chi connectivity index (χ4n) is 2.36. The second kappa shape index (κ2) is 5.55. The molecule has 19 heavy (non-hydrogen) atoms. The second-order valence-corrected chi connectivity index (χ2v) is 5.04. The summed E-state index contributed by atoms with van der Waals surface area (Å²) < 4.78 is 7.19. The Bertz CT molecular complexity index is 517. The molecule has 1 aromatic heterocycles. The first-order valence-electron chi connectivity index (χ1n) is 6.70. The number of rotatable bonds is 5. The Morgan fingerprint density at radius 1 is 1.32 bits per heavy atom. The van der Waals surface area contributed by atoms with Crippen molar-refractivity contribution in [2.45, 2.75) is 31.5 Å². The topological polar surface area (TPSA) is 39.1 Å². The largest absolute Gasteiger partial charge is 0.381 e. The van der Waals surface area contributed by atoms with E-state index in [4.69, 9.17) is 4.74 Å². The second-order valence-electron chi connectivity index (χ2n) is 5.04. The lowest BCUT2D eigenvalue weighted by molar-refractivity contribution is 0.0170. The van der Waals surface area contributed by atoms with Gasteiger partial charge in [-0.3, -0.25) is 0 Å². The van der Waals surface area contributed by atoms with Gasteiger partial charge in [0.15, 0.2) is 0 Å². The monoisotopic (exact) mass is 257 g/mol. The fraction of sp³-hybridized carbons (Fsp3) is 0.400. The summed E-state index contributed by atoms with van der Waals surface area (Å²) in [5, 5.41) is 7.92. The Morgan fingerprint density at radius 3 is 2.84 bits per heavy atom. The molecule has 1 aliphatic carbocycles. The molecule has 1 N–H and O–H groups in total. The summed E-state index contributed by atoms with van der Waals surface area (Å²) in [6.45, 7) is 0.869. The van der Waals surface area contributed by atoms with Crippen LogP contribution in [0.15, 0.2) is 42.7 Å². The number of ether oxygens (including phenoxy) is 1. The summed E-state index contributed by atoms with van der Waals surface area (Å²) in [7, 11) is 1.78. The van der Waals surface area contributed by atoms with Gasteiger partial charge in [-0.25, -0.2) is 4.68 Å². The molecule has 4 nitrogen and oxygen atoms in total.